The van der Waals surface area contributed by atoms with Gasteiger partial charge in [-0.3, -0.25) is 0 Å². The fourth-order valence-corrected chi connectivity index (χ4v) is 4.83. The molecule has 10 heteroatoms. The lowest BCUT2D eigenvalue weighted by Crippen LogP contribution is -2.03. The second-order valence-corrected chi connectivity index (χ2v) is 9.82. The third-order valence-corrected chi connectivity index (χ3v) is 6.99. The highest BCUT2D eigenvalue weighted by Gasteiger charge is 2.19. The maximum atomic E-state index is 12.2. The van der Waals surface area contributed by atoms with Crippen molar-refractivity contribution in [3.05, 3.63) is 97.8 Å². The van der Waals surface area contributed by atoms with Gasteiger partial charge in [0.2, 0.25) is 0 Å². The van der Waals surface area contributed by atoms with E-state index < -0.39 is 5.97 Å². The first kappa shape index (κ1) is 26.1. The van der Waals surface area contributed by atoms with Crippen molar-refractivity contribution in [2.45, 2.75) is 25.2 Å². The third-order valence-electron chi connectivity index (χ3n) is 5.15. The predicted molar refractivity (Wildman–Crippen MR) is 145 cm³/mol. The normalized spacial score (nSPS) is 11.5. The van der Waals surface area contributed by atoms with Gasteiger partial charge in [0.05, 0.1) is 0 Å². The molecular formula is C26H20Cl3N3O3S. The van der Waals surface area contributed by atoms with Gasteiger partial charge in [0.15, 0.2) is 11.0 Å². The molecule has 0 aliphatic rings. The molecule has 0 aliphatic heterocycles. The maximum Gasteiger partial charge on any atom is 0.342 e. The molecular weight excluding hydrogens is 541 g/mol. The highest BCUT2D eigenvalue weighted by atomic mass is 35.5. The molecule has 0 radical (unpaired) electrons. The van der Waals surface area contributed by atoms with Crippen LogP contribution in [0.1, 0.15) is 18.1 Å². The van der Waals surface area contributed by atoms with Crippen molar-refractivity contribution in [1.82, 2.24) is 14.8 Å². The van der Waals surface area contributed by atoms with Gasteiger partial charge in [0.1, 0.15) is 17.3 Å². The number of carboxylic acids is 1. The number of ether oxygens (including phenoxy) is 1. The van der Waals surface area contributed by atoms with E-state index >= 15 is 0 Å². The molecule has 1 heterocycles. The van der Waals surface area contributed by atoms with Crippen molar-refractivity contribution in [1.29, 1.82) is 0 Å². The summed E-state index contributed by atoms with van der Waals surface area (Å²) in [5.41, 5.74) is 2.20. The molecule has 184 valence electrons. The Morgan fingerprint density at radius 1 is 1.03 bits per heavy atom. The predicted octanol–water partition coefficient (Wildman–Crippen LogP) is 7.72. The minimum absolute atomic E-state index is 0.0698. The van der Waals surface area contributed by atoms with E-state index in [1.165, 1.54) is 0 Å². The summed E-state index contributed by atoms with van der Waals surface area (Å²) < 4.78 is 7.83. The monoisotopic (exact) mass is 559 g/mol. The summed E-state index contributed by atoms with van der Waals surface area (Å²) in [4.78, 5) is 12.2. The molecule has 3 aromatic carbocycles. The van der Waals surface area contributed by atoms with Gasteiger partial charge in [-0.05, 0) is 67.2 Å². The lowest BCUT2D eigenvalue weighted by molar-refractivity contribution is -0.131. The molecule has 0 atom stereocenters. The number of thioether (sulfide) groups is 1. The van der Waals surface area contributed by atoms with Crippen LogP contribution in [0.5, 0.6) is 5.75 Å². The summed E-state index contributed by atoms with van der Waals surface area (Å²) in [6, 6.07) is 19.6. The van der Waals surface area contributed by atoms with Crippen LogP contribution in [0, 0.1) is 0 Å². The summed E-state index contributed by atoms with van der Waals surface area (Å²) in [7, 11) is 0. The van der Waals surface area contributed by atoms with Crippen molar-refractivity contribution < 1.29 is 14.6 Å². The lowest BCUT2D eigenvalue weighted by Gasteiger charge is -2.12. The minimum Gasteiger partial charge on any atom is -0.488 e. The number of carbonyl (C=O) groups is 1. The number of aromatic nitrogens is 3. The van der Waals surface area contributed by atoms with Gasteiger partial charge in [0.25, 0.3) is 0 Å². The topological polar surface area (TPSA) is 77.2 Å². The summed E-state index contributed by atoms with van der Waals surface area (Å²) in [6.45, 7) is 2.70. The zero-order valence-corrected chi connectivity index (χ0v) is 22.1. The first-order valence-electron chi connectivity index (χ1n) is 10.8. The van der Waals surface area contributed by atoms with Crippen molar-refractivity contribution >= 4 is 58.6 Å². The molecule has 1 N–H and O–H groups in total. The van der Waals surface area contributed by atoms with Crippen LogP contribution >= 0.6 is 46.6 Å². The van der Waals surface area contributed by atoms with Gasteiger partial charge >= 0.3 is 5.97 Å². The summed E-state index contributed by atoms with van der Waals surface area (Å²) in [5, 5.41) is 20.6. The van der Waals surface area contributed by atoms with Crippen LogP contribution in [0.3, 0.4) is 0 Å². The molecule has 1 aromatic heterocycles. The molecule has 0 saturated heterocycles. The Kier molecular flexibility index (Phi) is 8.59. The van der Waals surface area contributed by atoms with Gasteiger partial charge in [-0.1, -0.05) is 59.1 Å². The van der Waals surface area contributed by atoms with E-state index in [1.807, 2.05) is 35.8 Å². The number of nitrogens with zero attached hydrogens (tertiary/aromatic N) is 3. The van der Waals surface area contributed by atoms with E-state index in [9.17, 15) is 9.90 Å². The Hall–Kier alpha value is -2.97. The summed E-state index contributed by atoms with van der Waals surface area (Å²) in [6.07, 6.45) is 1.56. The van der Waals surface area contributed by atoms with E-state index in [4.69, 9.17) is 39.5 Å². The molecule has 36 heavy (non-hydrogen) atoms. The molecule has 0 aliphatic carbocycles. The number of hydrogen-bond donors (Lipinski definition) is 1. The first-order valence-corrected chi connectivity index (χ1v) is 12.8. The second kappa shape index (κ2) is 11.8. The SMILES string of the molecule is CCn1c(S/C(=C\c2ccccc2OCc2ccc(Cl)cc2Cl)C(=O)O)nnc1-c1ccc(Cl)cc1. The Morgan fingerprint density at radius 3 is 2.44 bits per heavy atom. The number of carboxylic acid groups (broad SMARTS) is 1. The second-order valence-electron chi connectivity index (χ2n) is 7.54. The van der Waals surface area contributed by atoms with Gasteiger partial charge in [0, 0.05) is 38.3 Å². The van der Waals surface area contributed by atoms with E-state index in [0.717, 1.165) is 22.9 Å². The van der Waals surface area contributed by atoms with Crippen LogP contribution in [-0.2, 0) is 17.9 Å². The smallest absolute Gasteiger partial charge is 0.342 e. The van der Waals surface area contributed by atoms with Crippen LogP contribution in [0.15, 0.2) is 76.8 Å². The summed E-state index contributed by atoms with van der Waals surface area (Å²) in [5.74, 6) is 0.0564. The molecule has 0 unspecified atom stereocenters. The first-order chi connectivity index (χ1) is 17.4. The van der Waals surface area contributed by atoms with E-state index in [2.05, 4.69) is 10.2 Å². The van der Waals surface area contributed by atoms with E-state index in [0.29, 0.717) is 43.9 Å². The zero-order chi connectivity index (χ0) is 25.7. The number of benzene rings is 3. The number of halogens is 3. The molecule has 4 rings (SSSR count). The average Bonchev–Trinajstić information content (AvgIpc) is 3.26. The number of rotatable bonds is 9. The number of hydrogen-bond acceptors (Lipinski definition) is 5. The van der Waals surface area contributed by atoms with Crippen LogP contribution in [0.25, 0.3) is 17.5 Å². The highest BCUT2D eigenvalue weighted by molar-refractivity contribution is 8.04. The molecule has 0 spiro atoms. The van der Waals surface area contributed by atoms with Crippen molar-refractivity contribution in [3.8, 4) is 17.1 Å². The van der Waals surface area contributed by atoms with Crippen molar-refractivity contribution in [2.24, 2.45) is 0 Å². The Bertz CT molecular complexity index is 1420. The average molecular weight is 561 g/mol. The Morgan fingerprint density at radius 2 is 1.75 bits per heavy atom. The lowest BCUT2D eigenvalue weighted by atomic mass is 10.2. The fraction of sp³-hybridized carbons (Fsp3) is 0.115. The molecule has 0 fully saturated rings. The largest absolute Gasteiger partial charge is 0.488 e. The quantitative estimate of drug-likeness (QED) is 0.167. The van der Waals surface area contributed by atoms with Crippen LogP contribution in [0.2, 0.25) is 15.1 Å². The molecule has 4 aromatic rings. The number of aliphatic carboxylic acids is 1. The number of para-hydroxylation sites is 1. The standard InChI is InChI=1S/C26H20Cl3N3O3S/c1-2-32-24(16-7-10-19(27)11-8-16)30-31-26(32)36-23(25(33)34)13-17-5-3-4-6-22(17)35-15-18-9-12-20(28)14-21(18)29/h3-14H,2,15H2,1H3,(H,33,34)/b23-13-. The van der Waals surface area contributed by atoms with Crippen LogP contribution in [0.4, 0.5) is 0 Å². The molecule has 6 nitrogen and oxygen atoms in total. The zero-order valence-electron chi connectivity index (χ0n) is 19.0. The van der Waals surface area contributed by atoms with Gasteiger partial charge in [-0.25, -0.2) is 4.79 Å². The van der Waals surface area contributed by atoms with Crippen LogP contribution < -0.4 is 4.74 Å². The minimum atomic E-state index is -1.09. The van der Waals surface area contributed by atoms with E-state index in [1.54, 1.807) is 48.5 Å². The molecule has 0 bridgehead atoms. The molecule has 0 amide bonds. The van der Waals surface area contributed by atoms with Crippen molar-refractivity contribution in [2.75, 3.05) is 0 Å². The highest BCUT2D eigenvalue weighted by Crippen LogP contribution is 2.33. The van der Waals surface area contributed by atoms with Gasteiger partial charge < -0.3 is 14.4 Å². The maximum absolute atomic E-state index is 12.2. The Balaban J connectivity index is 1.61. The third kappa shape index (κ3) is 6.23. The van der Waals surface area contributed by atoms with Crippen molar-refractivity contribution in [3.63, 3.8) is 0 Å². The van der Waals surface area contributed by atoms with Gasteiger partial charge in [-0.2, -0.15) is 0 Å². The van der Waals surface area contributed by atoms with Gasteiger partial charge in [-0.15, -0.1) is 10.2 Å². The van der Waals surface area contributed by atoms with E-state index in [-0.39, 0.29) is 11.5 Å². The summed E-state index contributed by atoms with van der Waals surface area (Å²) >= 11 is 19.2. The fourth-order valence-electron chi connectivity index (χ4n) is 3.36. The Labute approximate surface area is 227 Å². The van der Waals surface area contributed by atoms with Crippen LogP contribution in [-0.4, -0.2) is 25.8 Å². The molecule has 0 saturated carbocycles.